The number of rotatable bonds is 9. The van der Waals surface area contributed by atoms with Crippen LogP contribution in [0.1, 0.15) is 43.2 Å². The van der Waals surface area contributed by atoms with Crippen LogP contribution >= 0.6 is 0 Å². The smallest absolute Gasteiger partial charge is 0.307 e. The zero-order valence-electron chi connectivity index (χ0n) is 19.0. The summed E-state index contributed by atoms with van der Waals surface area (Å²) in [5, 5.41) is 1.22. The fourth-order valence-electron chi connectivity index (χ4n) is 4.36. The molecular weight excluding hydrogens is 410 g/mol. The predicted molar refractivity (Wildman–Crippen MR) is 131 cm³/mol. The van der Waals surface area contributed by atoms with Crippen molar-refractivity contribution in [2.24, 2.45) is 0 Å². The average Bonchev–Trinajstić information content (AvgIpc) is 3.63. The number of hydrogen-bond acceptors (Lipinski definition) is 3. The van der Waals surface area contributed by atoms with Crippen LogP contribution in [0.3, 0.4) is 0 Å². The summed E-state index contributed by atoms with van der Waals surface area (Å²) >= 11 is 0. The van der Waals surface area contributed by atoms with Crippen molar-refractivity contribution in [3.05, 3.63) is 90.0 Å². The lowest BCUT2D eigenvalue weighted by Gasteiger charge is -2.13. The lowest BCUT2D eigenvalue weighted by Crippen LogP contribution is -2.09. The molecule has 1 fully saturated rings. The van der Waals surface area contributed by atoms with Gasteiger partial charge in [-0.2, -0.15) is 0 Å². The fraction of sp³-hybridized carbons (Fsp3) is 0.276. The molecule has 33 heavy (non-hydrogen) atoms. The summed E-state index contributed by atoms with van der Waals surface area (Å²) in [4.78, 5) is 12.1. The minimum Gasteiger partial charge on any atom is -0.489 e. The molecule has 0 amide bonds. The highest BCUT2D eigenvalue weighted by Crippen LogP contribution is 2.42. The molecule has 5 rings (SSSR count). The minimum atomic E-state index is -0.167. The molecule has 4 heteroatoms. The number of ether oxygens (including phenoxy) is 2. The maximum absolute atomic E-state index is 12.1. The number of hydrogen-bond donors (Lipinski definition) is 0. The van der Waals surface area contributed by atoms with E-state index >= 15 is 0 Å². The summed E-state index contributed by atoms with van der Waals surface area (Å²) in [6.07, 6.45) is 2.91. The summed E-state index contributed by atoms with van der Waals surface area (Å²) in [6, 6.07) is 27.4. The Morgan fingerprint density at radius 1 is 0.970 bits per heavy atom. The lowest BCUT2D eigenvalue weighted by molar-refractivity contribution is -0.143. The summed E-state index contributed by atoms with van der Waals surface area (Å²) in [5.41, 5.74) is 5.87. The minimum absolute atomic E-state index is 0.167. The standard InChI is InChI=1S/C29H29NO3/c1-2-32-29(31)15-16-30-27-14-13-23(22-11-12-22)17-25(27)19-28(30)24-9-6-10-26(18-24)33-20-21-7-4-3-5-8-21/h3-10,13-14,17-19,22H,2,11-12,15-16,20H2,1H3. The molecule has 1 aliphatic carbocycles. The zero-order valence-corrected chi connectivity index (χ0v) is 19.0. The highest BCUT2D eigenvalue weighted by atomic mass is 16.5. The Kier molecular flexibility index (Phi) is 6.16. The van der Waals surface area contributed by atoms with Gasteiger partial charge in [0.25, 0.3) is 0 Å². The first-order valence-corrected chi connectivity index (χ1v) is 11.8. The monoisotopic (exact) mass is 439 g/mol. The van der Waals surface area contributed by atoms with Crippen LogP contribution in [0.2, 0.25) is 0 Å². The van der Waals surface area contributed by atoms with Crippen molar-refractivity contribution in [1.29, 1.82) is 0 Å². The molecule has 4 aromatic rings. The van der Waals surface area contributed by atoms with Gasteiger partial charge in [-0.05, 0) is 67.1 Å². The second-order valence-electron chi connectivity index (χ2n) is 8.63. The third-order valence-electron chi connectivity index (χ3n) is 6.20. The Labute approximate surface area is 194 Å². The van der Waals surface area contributed by atoms with E-state index in [0.29, 0.717) is 32.1 Å². The normalized spacial score (nSPS) is 13.2. The van der Waals surface area contributed by atoms with Gasteiger partial charge in [0.2, 0.25) is 0 Å². The third kappa shape index (κ3) is 4.95. The van der Waals surface area contributed by atoms with E-state index in [1.54, 1.807) is 0 Å². The van der Waals surface area contributed by atoms with Gasteiger partial charge in [-0.1, -0.05) is 48.5 Å². The maximum Gasteiger partial charge on any atom is 0.307 e. The van der Waals surface area contributed by atoms with E-state index in [1.165, 1.54) is 23.8 Å². The van der Waals surface area contributed by atoms with E-state index < -0.39 is 0 Å². The van der Waals surface area contributed by atoms with Crippen molar-refractivity contribution < 1.29 is 14.3 Å². The molecular formula is C29H29NO3. The van der Waals surface area contributed by atoms with E-state index in [1.807, 2.05) is 37.3 Å². The zero-order chi connectivity index (χ0) is 22.6. The van der Waals surface area contributed by atoms with Gasteiger partial charge in [-0.3, -0.25) is 4.79 Å². The molecule has 0 bridgehead atoms. The van der Waals surface area contributed by atoms with E-state index in [2.05, 4.69) is 53.1 Å². The summed E-state index contributed by atoms with van der Waals surface area (Å²) < 4.78 is 13.5. The Morgan fingerprint density at radius 3 is 2.61 bits per heavy atom. The van der Waals surface area contributed by atoms with Crippen molar-refractivity contribution in [2.75, 3.05) is 6.61 Å². The first-order chi connectivity index (χ1) is 16.2. The molecule has 168 valence electrons. The van der Waals surface area contributed by atoms with E-state index in [-0.39, 0.29) is 5.97 Å². The van der Waals surface area contributed by atoms with Crippen LogP contribution in [-0.2, 0) is 22.7 Å². The highest BCUT2D eigenvalue weighted by molar-refractivity contribution is 5.88. The number of carbonyl (C=O) groups is 1. The molecule has 0 unspecified atom stereocenters. The molecule has 4 nitrogen and oxygen atoms in total. The van der Waals surface area contributed by atoms with Gasteiger partial charge >= 0.3 is 5.97 Å². The van der Waals surface area contributed by atoms with Gasteiger partial charge in [0, 0.05) is 28.7 Å². The molecule has 0 atom stereocenters. The molecule has 1 saturated carbocycles. The van der Waals surface area contributed by atoms with Crippen molar-refractivity contribution in [1.82, 2.24) is 4.57 Å². The number of aryl methyl sites for hydroxylation is 1. The topological polar surface area (TPSA) is 40.5 Å². The number of esters is 1. The quantitative estimate of drug-likeness (QED) is 0.272. The molecule has 0 radical (unpaired) electrons. The van der Waals surface area contributed by atoms with Crippen molar-refractivity contribution in [2.45, 2.75) is 45.3 Å². The van der Waals surface area contributed by atoms with Crippen LogP contribution in [0.15, 0.2) is 78.9 Å². The number of nitrogens with zero attached hydrogens (tertiary/aromatic N) is 1. The van der Waals surface area contributed by atoms with E-state index in [0.717, 1.165) is 28.1 Å². The van der Waals surface area contributed by atoms with Crippen LogP contribution in [-0.4, -0.2) is 17.1 Å². The number of fused-ring (bicyclic) bond motifs is 1. The molecule has 0 spiro atoms. The Bertz CT molecular complexity index is 1250. The van der Waals surface area contributed by atoms with Crippen molar-refractivity contribution in [3.63, 3.8) is 0 Å². The molecule has 1 aromatic heterocycles. The van der Waals surface area contributed by atoms with Crippen molar-refractivity contribution >= 4 is 16.9 Å². The van der Waals surface area contributed by atoms with Gasteiger partial charge in [-0.15, -0.1) is 0 Å². The Morgan fingerprint density at radius 2 is 1.82 bits per heavy atom. The molecule has 1 aliphatic rings. The average molecular weight is 440 g/mol. The predicted octanol–water partition coefficient (Wildman–Crippen LogP) is 6.72. The van der Waals surface area contributed by atoms with Gasteiger partial charge in [0.1, 0.15) is 12.4 Å². The summed E-state index contributed by atoms with van der Waals surface area (Å²) in [5.74, 6) is 1.37. The third-order valence-corrected chi connectivity index (χ3v) is 6.20. The first-order valence-electron chi connectivity index (χ1n) is 11.8. The summed E-state index contributed by atoms with van der Waals surface area (Å²) in [7, 11) is 0. The van der Waals surface area contributed by atoms with Gasteiger partial charge in [0.15, 0.2) is 0 Å². The highest BCUT2D eigenvalue weighted by Gasteiger charge is 2.24. The largest absolute Gasteiger partial charge is 0.489 e. The Hall–Kier alpha value is -3.53. The molecule has 0 aliphatic heterocycles. The summed E-state index contributed by atoms with van der Waals surface area (Å²) in [6.45, 7) is 3.36. The first kappa shape index (κ1) is 21.3. The van der Waals surface area contributed by atoms with Gasteiger partial charge < -0.3 is 14.0 Å². The maximum atomic E-state index is 12.1. The van der Waals surface area contributed by atoms with E-state index in [4.69, 9.17) is 9.47 Å². The van der Waals surface area contributed by atoms with E-state index in [9.17, 15) is 4.79 Å². The van der Waals surface area contributed by atoms with Crippen molar-refractivity contribution in [3.8, 4) is 17.0 Å². The number of aromatic nitrogens is 1. The SMILES string of the molecule is CCOC(=O)CCn1c(-c2cccc(OCc3ccccc3)c2)cc2cc(C3CC3)ccc21. The number of benzene rings is 3. The second kappa shape index (κ2) is 9.53. The lowest BCUT2D eigenvalue weighted by atomic mass is 10.1. The molecule has 0 N–H and O–H groups in total. The van der Waals surface area contributed by atoms with Crippen LogP contribution in [0.5, 0.6) is 5.75 Å². The molecule has 1 heterocycles. The van der Waals surface area contributed by atoms with Crippen LogP contribution in [0.4, 0.5) is 0 Å². The number of carbonyl (C=O) groups excluding carboxylic acids is 1. The second-order valence-corrected chi connectivity index (χ2v) is 8.63. The Balaban J connectivity index is 1.46. The van der Waals surface area contributed by atoms with Crippen LogP contribution in [0, 0.1) is 0 Å². The van der Waals surface area contributed by atoms with Gasteiger partial charge in [-0.25, -0.2) is 0 Å². The molecule has 3 aromatic carbocycles. The fourth-order valence-corrected chi connectivity index (χ4v) is 4.36. The van der Waals surface area contributed by atoms with Crippen LogP contribution in [0.25, 0.3) is 22.2 Å². The molecule has 0 saturated heterocycles. The van der Waals surface area contributed by atoms with Crippen LogP contribution < -0.4 is 4.74 Å². The van der Waals surface area contributed by atoms with Gasteiger partial charge in [0.05, 0.1) is 13.0 Å².